The van der Waals surface area contributed by atoms with Gasteiger partial charge in [-0.1, -0.05) is 24.3 Å². The molecule has 2 aromatic rings. The number of aliphatic hydroxyl groups is 2. The number of nitrogens with zero attached hydrogens (tertiary/aromatic N) is 1. The normalized spacial score (nSPS) is 12.4. The van der Waals surface area contributed by atoms with Crippen molar-refractivity contribution in [2.45, 2.75) is 12.7 Å². The van der Waals surface area contributed by atoms with Gasteiger partial charge in [-0.15, -0.1) is 0 Å². The number of aliphatic hydroxyl groups excluding tert-OH is 2. The summed E-state index contributed by atoms with van der Waals surface area (Å²) in [5.74, 6) is 0. The minimum atomic E-state index is -0.839. The van der Waals surface area contributed by atoms with Gasteiger partial charge in [0.15, 0.2) is 0 Å². The number of rotatable bonds is 3. The van der Waals surface area contributed by atoms with E-state index in [1.54, 1.807) is 18.5 Å². The fourth-order valence-corrected chi connectivity index (χ4v) is 1.89. The molecule has 0 fully saturated rings. The molecule has 0 spiro atoms. The maximum absolute atomic E-state index is 9.57. The zero-order valence-electron chi connectivity index (χ0n) is 9.37. The van der Waals surface area contributed by atoms with Gasteiger partial charge in [-0.2, -0.15) is 0 Å². The Labute approximate surface area is 100 Å². The molecule has 1 aromatic heterocycles. The highest BCUT2D eigenvalue weighted by Crippen LogP contribution is 2.28. The first-order valence-electron chi connectivity index (χ1n) is 5.38. The van der Waals surface area contributed by atoms with Crippen LogP contribution in [0.1, 0.15) is 17.2 Å². The minimum Gasteiger partial charge on any atom is -0.392 e. The molecule has 17 heavy (non-hydrogen) atoms. The van der Waals surface area contributed by atoms with Crippen LogP contribution in [0, 0.1) is 6.92 Å². The molecule has 0 saturated carbocycles. The van der Waals surface area contributed by atoms with Crippen molar-refractivity contribution in [3.05, 3.63) is 60.8 Å². The van der Waals surface area contributed by atoms with Crippen LogP contribution in [0.2, 0.25) is 0 Å². The topological polar surface area (TPSA) is 53.4 Å². The Morgan fingerprint density at radius 1 is 1.24 bits per heavy atom. The van der Waals surface area contributed by atoms with Crippen LogP contribution in [0.15, 0.2) is 42.7 Å². The zero-order valence-corrected chi connectivity index (χ0v) is 9.37. The number of pyridine rings is 1. The standard InChI is InChI=1S/C14H14NO2/c1-10(17)12-5-2-6-13(14(12)9-16)11-4-3-7-15-8-11/h2-8,10,16-17H,1,9H2. The van der Waals surface area contributed by atoms with E-state index in [0.29, 0.717) is 11.1 Å². The van der Waals surface area contributed by atoms with Crippen molar-refractivity contribution in [1.29, 1.82) is 0 Å². The van der Waals surface area contributed by atoms with Gasteiger partial charge in [-0.05, 0) is 29.7 Å². The van der Waals surface area contributed by atoms with E-state index in [4.69, 9.17) is 0 Å². The van der Waals surface area contributed by atoms with Crippen molar-refractivity contribution >= 4 is 0 Å². The number of hydrogen-bond donors (Lipinski definition) is 2. The second-order valence-corrected chi connectivity index (χ2v) is 3.79. The summed E-state index contributed by atoms with van der Waals surface area (Å²) >= 11 is 0. The second kappa shape index (κ2) is 5.08. The molecule has 0 aliphatic carbocycles. The highest BCUT2D eigenvalue weighted by molar-refractivity contribution is 5.68. The van der Waals surface area contributed by atoms with Crippen molar-refractivity contribution < 1.29 is 10.2 Å². The van der Waals surface area contributed by atoms with Crippen molar-refractivity contribution in [1.82, 2.24) is 4.98 Å². The van der Waals surface area contributed by atoms with Crippen molar-refractivity contribution in [3.8, 4) is 11.1 Å². The van der Waals surface area contributed by atoms with Crippen LogP contribution in [0.4, 0.5) is 0 Å². The van der Waals surface area contributed by atoms with E-state index in [1.807, 2.05) is 24.3 Å². The molecule has 1 unspecified atom stereocenters. The Bertz CT molecular complexity index is 495. The van der Waals surface area contributed by atoms with Crippen LogP contribution in [-0.4, -0.2) is 15.2 Å². The highest BCUT2D eigenvalue weighted by atomic mass is 16.3. The third kappa shape index (κ3) is 2.35. The summed E-state index contributed by atoms with van der Waals surface area (Å²) in [5.41, 5.74) is 3.14. The molecule has 0 aliphatic rings. The largest absolute Gasteiger partial charge is 0.392 e. The summed E-state index contributed by atoms with van der Waals surface area (Å²) in [5, 5.41) is 19.0. The van der Waals surface area contributed by atoms with Crippen LogP contribution in [0.5, 0.6) is 0 Å². The lowest BCUT2D eigenvalue weighted by atomic mass is 9.94. The van der Waals surface area contributed by atoms with Gasteiger partial charge >= 0.3 is 0 Å². The number of hydrogen-bond acceptors (Lipinski definition) is 3. The molecule has 1 atom stereocenters. The molecule has 3 heteroatoms. The molecule has 0 saturated heterocycles. The monoisotopic (exact) mass is 228 g/mol. The molecule has 0 aliphatic heterocycles. The molecule has 1 aromatic carbocycles. The first-order chi connectivity index (χ1) is 8.24. The lowest BCUT2D eigenvalue weighted by Gasteiger charge is -2.14. The molecule has 3 nitrogen and oxygen atoms in total. The molecule has 87 valence electrons. The smallest absolute Gasteiger partial charge is 0.0794 e. The van der Waals surface area contributed by atoms with E-state index < -0.39 is 6.10 Å². The Balaban J connectivity index is 2.59. The third-order valence-electron chi connectivity index (χ3n) is 2.70. The summed E-state index contributed by atoms with van der Waals surface area (Å²) in [6.45, 7) is 3.45. The second-order valence-electron chi connectivity index (χ2n) is 3.79. The molecule has 0 amide bonds. The van der Waals surface area contributed by atoms with Gasteiger partial charge in [0.25, 0.3) is 0 Å². The van der Waals surface area contributed by atoms with E-state index in [-0.39, 0.29) is 6.61 Å². The number of aromatic nitrogens is 1. The summed E-state index contributed by atoms with van der Waals surface area (Å²) in [4.78, 5) is 4.05. The fraction of sp³-hybridized carbons (Fsp3) is 0.143. The van der Waals surface area contributed by atoms with E-state index >= 15 is 0 Å². The van der Waals surface area contributed by atoms with E-state index in [1.165, 1.54) is 0 Å². The first kappa shape index (κ1) is 11.8. The summed E-state index contributed by atoms with van der Waals surface area (Å²) in [6.07, 6.45) is 2.59. The van der Waals surface area contributed by atoms with E-state index in [0.717, 1.165) is 11.1 Å². The van der Waals surface area contributed by atoms with Crippen LogP contribution >= 0.6 is 0 Å². The molecule has 1 radical (unpaired) electrons. The molecular weight excluding hydrogens is 214 g/mol. The Morgan fingerprint density at radius 2 is 2.06 bits per heavy atom. The Kier molecular flexibility index (Phi) is 3.52. The average Bonchev–Trinajstić information content (AvgIpc) is 2.38. The number of benzene rings is 1. The van der Waals surface area contributed by atoms with Crippen LogP contribution < -0.4 is 0 Å². The average molecular weight is 228 g/mol. The Hall–Kier alpha value is -1.71. The van der Waals surface area contributed by atoms with Gasteiger partial charge in [0, 0.05) is 18.0 Å². The zero-order chi connectivity index (χ0) is 12.3. The van der Waals surface area contributed by atoms with Crippen molar-refractivity contribution in [2.75, 3.05) is 0 Å². The van der Waals surface area contributed by atoms with Crippen molar-refractivity contribution in [3.63, 3.8) is 0 Å². The van der Waals surface area contributed by atoms with Gasteiger partial charge < -0.3 is 10.2 Å². The molecular formula is C14H14NO2. The first-order valence-corrected chi connectivity index (χ1v) is 5.38. The molecule has 1 heterocycles. The predicted octanol–water partition coefficient (Wildman–Crippen LogP) is 2.11. The summed E-state index contributed by atoms with van der Waals surface area (Å²) < 4.78 is 0. The van der Waals surface area contributed by atoms with Crippen molar-refractivity contribution in [2.24, 2.45) is 0 Å². The highest BCUT2D eigenvalue weighted by Gasteiger charge is 2.12. The molecule has 2 N–H and O–H groups in total. The summed E-state index contributed by atoms with van der Waals surface area (Å²) in [6, 6.07) is 9.26. The maximum Gasteiger partial charge on any atom is 0.0794 e. The van der Waals surface area contributed by atoms with E-state index in [9.17, 15) is 10.2 Å². The SMILES string of the molecule is [CH2]C(O)c1cccc(-c2cccnc2)c1CO. The predicted molar refractivity (Wildman–Crippen MR) is 65.9 cm³/mol. The van der Waals surface area contributed by atoms with Gasteiger partial charge in [-0.3, -0.25) is 4.98 Å². The summed E-state index contributed by atoms with van der Waals surface area (Å²) in [7, 11) is 0. The van der Waals surface area contributed by atoms with Gasteiger partial charge in [-0.25, -0.2) is 0 Å². The van der Waals surface area contributed by atoms with Crippen LogP contribution in [-0.2, 0) is 6.61 Å². The Morgan fingerprint density at radius 3 is 2.65 bits per heavy atom. The van der Waals surface area contributed by atoms with E-state index in [2.05, 4.69) is 11.9 Å². The third-order valence-corrected chi connectivity index (χ3v) is 2.70. The quantitative estimate of drug-likeness (QED) is 0.846. The lowest BCUT2D eigenvalue weighted by molar-refractivity contribution is 0.218. The minimum absolute atomic E-state index is 0.132. The van der Waals surface area contributed by atoms with Gasteiger partial charge in [0.2, 0.25) is 0 Å². The lowest BCUT2D eigenvalue weighted by Crippen LogP contribution is -2.01. The molecule has 0 bridgehead atoms. The van der Waals surface area contributed by atoms with Gasteiger partial charge in [0.1, 0.15) is 0 Å². The molecule has 2 rings (SSSR count). The van der Waals surface area contributed by atoms with Crippen LogP contribution in [0.3, 0.4) is 0 Å². The maximum atomic E-state index is 9.57. The van der Waals surface area contributed by atoms with Gasteiger partial charge in [0.05, 0.1) is 12.7 Å². The fourth-order valence-electron chi connectivity index (χ4n) is 1.89. The van der Waals surface area contributed by atoms with Crippen LogP contribution in [0.25, 0.3) is 11.1 Å².